The highest BCUT2D eigenvalue weighted by molar-refractivity contribution is 7.13. The van der Waals surface area contributed by atoms with E-state index in [2.05, 4.69) is 20.4 Å². The molecule has 4 rings (SSSR count). The van der Waals surface area contributed by atoms with Crippen molar-refractivity contribution >= 4 is 22.4 Å². The predicted octanol–water partition coefficient (Wildman–Crippen LogP) is 2.85. The molecule has 6 nitrogen and oxygen atoms in total. The molecule has 0 unspecified atom stereocenters. The molecule has 1 aliphatic carbocycles. The molecule has 1 amide bonds. The summed E-state index contributed by atoms with van der Waals surface area (Å²) in [5, 5.41) is 9.66. The van der Waals surface area contributed by atoms with Crippen LogP contribution in [-0.4, -0.2) is 25.7 Å². The zero-order valence-corrected chi connectivity index (χ0v) is 12.5. The highest BCUT2D eigenvalue weighted by Gasteiger charge is 2.30. The summed E-state index contributed by atoms with van der Waals surface area (Å²) in [6.45, 7) is 0. The molecule has 1 saturated carbocycles. The Hall–Kier alpha value is -2.54. The molecule has 0 atom stereocenters. The first-order chi connectivity index (χ1) is 10.8. The van der Waals surface area contributed by atoms with Crippen molar-refractivity contribution < 1.29 is 4.79 Å². The van der Waals surface area contributed by atoms with Crippen LogP contribution in [0.1, 0.15) is 35.2 Å². The van der Waals surface area contributed by atoms with E-state index in [4.69, 9.17) is 0 Å². The predicted molar refractivity (Wildman–Crippen MR) is 83.4 cm³/mol. The van der Waals surface area contributed by atoms with Crippen molar-refractivity contribution in [2.45, 2.75) is 18.8 Å². The minimum atomic E-state index is -0.293. The largest absolute Gasteiger partial charge is 0.295 e. The topological polar surface area (TPSA) is 72.7 Å². The average Bonchev–Trinajstić information content (AvgIpc) is 3.10. The number of para-hydroxylation sites is 1. The van der Waals surface area contributed by atoms with Gasteiger partial charge in [0.15, 0.2) is 11.0 Å². The minimum absolute atomic E-state index is 0.293. The van der Waals surface area contributed by atoms with Crippen molar-refractivity contribution in [3.63, 3.8) is 0 Å². The molecule has 0 bridgehead atoms. The summed E-state index contributed by atoms with van der Waals surface area (Å²) < 4.78 is 1.61. The number of rotatable bonds is 4. The second-order valence-electron chi connectivity index (χ2n) is 5.11. The zero-order chi connectivity index (χ0) is 14.9. The van der Waals surface area contributed by atoms with Crippen LogP contribution in [0.25, 0.3) is 5.69 Å². The quantitative estimate of drug-likeness (QED) is 0.804. The molecule has 3 aromatic rings. The molecule has 1 aromatic carbocycles. The van der Waals surface area contributed by atoms with Gasteiger partial charge in [0, 0.05) is 17.5 Å². The number of nitrogens with zero attached hydrogens (tertiary/aromatic N) is 4. The van der Waals surface area contributed by atoms with Crippen LogP contribution in [-0.2, 0) is 0 Å². The van der Waals surface area contributed by atoms with Gasteiger partial charge in [-0.15, -0.1) is 11.3 Å². The standard InChI is InChI=1S/C15H13N5OS/c21-14(18-15-16-8-9-22-15)13-17-12(10-6-7-10)19-20(13)11-4-2-1-3-5-11/h1-5,8-10H,6-7H2,(H,16,18,21). The summed E-state index contributed by atoms with van der Waals surface area (Å²) in [6.07, 6.45) is 3.83. The first-order valence-corrected chi connectivity index (χ1v) is 7.92. The van der Waals surface area contributed by atoms with Gasteiger partial charge in [-0.3, -0.25) is 10.1 Å². The van der Waals surface area contributed by atoms with Crippen molar-refractivity contribution in [3.8, 4) is 5.69 Å². The van der Waals surface area contributed by atoms with Gasteiger partial charge in [-0.25, -0.2) is 14.6 Å². The summed E-state index contributed by atoms with van der Waals surface area (Å²) in [6, 6.07) is 9.57. The molecule has 0 radical (unpaired) electrons. The third-order valence-corrected chi connectivity index (χ3v) is 4.11. The minimum Gasteiger partial charge on any atom is -0.295 e. The first kappa shape index (κ1) is 13.1. The van der Waals surface area contributed by atoms with Gasteiger partial charge in [0.05, 0.1) is 5.69 Å². The van der Waals surface area contributed by atoms with Gasteiger partial charge in [0.1, 0.15) is 0 Å². The number of thiazole rings is 1. The lowest BCUT2D eigenvalue weighted by Crippen LogP contribution is -2.18. The van der Waals surface area contributed by atoms with Gasteiger partial charge in [0.2, 0.25) is 5.82 Å². The Kier molecular flexibility index (Phi) is 3.19. The summed E-state index contributed by atoms with van der Waals surface area (Å²) in [7, 11) is 0. The Morgan fingerprint density at radius 2 is 2.09 bits per heavy atom. The Balaban J connectivity index is 1.72. The van der Waals surface area contributed by atoms with E-state index in [1.54, 1.807) is 10.9 Å². The smallest absolute Gasteiger partial charge is 0.295 e. The fourth-order valence-electron chi connectivity index (χ4n) is 2.18. The normalized spacial score (nSPS) is 14.0. The number of hydrogen-bond acceptors (Lipinski definition) is 5. The lowest BCUT2D eigenvalue weighted by atomic mass is 10.3. The maximum atomic E-state index is 12.5. The summed E-state index contributed by atoms with van der Waals surface area (Å²) in [4.78, 5) is 21.0. The van der Waals surface area contributed by atoms with E-state index in [1.165, 1.54) is 11.3 Å². The van der Waals surface area contributed by atoms with Crippen LogP contribution in [0.5, 0.6) is 0 Å². The van der Waals surface area contributed by atoms with Crippen molar-refractivity contribution in [3.05, 3.63) is 53.6 Å². The third-order valence-electron chi connectivity index (χ3n) is 3.42. The van der Waals surface area contributed by atoms with Gasteiger partial charge in [-0.1, -0.05) is 18.2 Å². The highest BCUT2D eigenvalue weighted by atomic mass is 32.1. The number of carbonyl (C=O) groups excluding carboxylic acids is 1. The molecular formula is C15H13N5OS. The van der Waals surface area contributed by atoms with Crippen LogP contribution in [0, 0.1) is 0 Å². The SMILES string of the molecule is O=C(Nc1nccs1)c1nc(C2CC2)nn1-c1ccccc1. The van der Waals surface area contributed by atoms with Crippen LogP contribution in [0.2, 0.25) is 0 Å². The van der Waals surface area contributed by atoms with E-state index in [-0.39, 0.29) is 5.91 Å². The molecule has 0 saturated heterocycles. The first-order valence-electron chi connectivity index (χ1n) is 7.04. The monoisotopic (exact) mass is 311 g/mol. The second kappa shape index (κ2) is 5.34. The van der Waals surface area contributed by atoms with E-state index < -0.39 is 0 Å². The molecular weight excluding hydrogens is 298 g/mol. The lowest BCUT2D eigenvalue weighted by Gasteiger charge is -2.04. The number of nitrogens with one attached hydrogen (secondary N) is 1. The lowest BCUT2D eigenvalue weighted by molar-refractivity contribution is 0.101. The third kappa shape index (κ3) is 2.50. The van der Waals surface area contributed by atoms with E-state index in [9.17, 15) is 4.79 Å². The van der Waals surface area contributed by atoms with Gasteiger partial charge in [-0.2, -0.15) is 5.10 Å². The Labute approximate surface area is 130 Å². The van der Waals surface area contributed by atoms with Gasteiger partial charge in [-0.05, 0) is 25.0 Å². The average molecular weight is 311 g/mol. The van der Waals surface area contributed by atoms with Crippen molar-refractivity contribution in [1.29, 1.82) is 0 Å². The van der Waals surface area contributed by atoms with Crippen LogP contribution in [0.15, 0.2) is 41.9 Å². The maximum Gasteiger partial charge on any atom is 0.295 e. The summed E-state index contributed by atoms with van der Waals surface area (Å²) >= 11 is 1.37. The van der Waals surface area contributed by atoms with Crippen LogP contribution in [0.3, 0.4) is 0 Å². The molecule has 7 heteroatoms. The molecule has 2 heterocycles. The fraction of sp³-hybridized carbons (Fsp3) is 0.200. The Morgan fingerprint density at radius 3 is 2.77 bits per heavy atom. The summed E-state index contributed by atoms with van der Waals surface area (Å²) in [5.74, 6) is 1.13. The Bertz CT molecular complexity index is 793. The zero-order valence-electron chi connectivity index (χ0n) is 11.6. The van der Waals surface area contributed by atoms with E-state index in [1.807, 2.05) is 35.7 Å². The van der Waals surface area contributed by atoms with E-state index in [0.717, 1.165) is 24.4 Å². The van der Waals surface area contributed by atoms with Gasteiger partial charge >= 0.3 is 0 Å². The number of aromatic nitrogens is 4. The molecule has 1 aliphatic rings. The molecule has 22 heavy (non-hydrogen) atoms. The number of hydrogen-bond donors (Lipinski definition) is 1. The van der Waals surface area contributed by atoms with Crippen LogP contribution >= 0.6 is 11.3 Å². The molecule has 0 aliphatic heterocycles. The van der Waals surface area contributed by atoms with Crippen molar-refractivity contribution in [1.82, 2.24) is 19.7 Å². The number of benzene rings is 1. The number of amides is 1. The highest BCUT2D eigenvalue weighted by Crippen LogP contribution is 2.38. The molecule has 1 N–H and O–H groups in total. The number of anilines is 1. The second-order valence-corrected chi connectivity index (χ2v) is 6.00. The molecule has 2 aromatic heterocycles. The van der Waals surface area contributed by atoms with Gasteiger partial charge < -0.3 is 0 Å². The summed E-state index contributed by atoms with van der Waals surface area (Å²) in [5.41, 5.74) is 0.825. The van der Waals surface area contributed by atoms with E-state index in [0.29, 0.717) is 16.9 Å². The molecule has 110 valence electrons. The van der Waals surface area contributed by atoms with Crippen LogP contribution < -0.4 is 5.32 Å². The Morgan fingerprint density at radius 1 is 1.27 bits per heavy atom. The molecule has 0 spiro atoms. The molecule has 1 fully saturated rings. The van der Waals surface area contributed by atoms with Crippen molar-refractivity contribution in [2.24, 2.45) is 0 Å². The van der Waals surface area contributed by atoms with Gasteiger partial charge in [0.25, 0.3) is 5.91 Å². The number of carbonyl (C=O) groups is 1. The van der Waals surface area contributed by atoms with Crippen molar-refractivity contribution in [2.75, 3.05) is 5.32 Å². The fourth-order valence-corrected chi connectivity index (χ4v) is 2.70. The van der Waals surface area contributed by atoms with Crippen LogP contribution in [0.4, 0.5) is 5.13 Å². The maximum absolute atomic E-state index is 12.5. The van der Waals surface area contributed by atoms with E-state index >= 15 is 0 Å².